The van der Waals surface area contributed by atoms with Crippen molar-refractivity contribution in [3.63, 3.8) is 0 Å². The summed E-state index contributed by atoms with van der Waals surface area (Å²) in [4.78, 5) is 49.0. The number of thiophene rings is 1. The molecule has 1 fully saturated rings. The van der Waals surface area contributed by atoms with Crippen LogP contribution in [0, 0.1) is 18.8 Å². The highest BCUT2D eigenvalue weighted by atomic mass is 32.1. The van der Waals surface area contributed by atoms with Gasteiger partial charge in [0.1, 0.15) is 10.6 Å². The summed E-state index contributed by atoms with van der Waals surface area (Å²) in [6, 6.07) is 3.38. The van der Waals surface area contributed by atoms with E-state index < -0.39 is 5.97 Å². The van der Waals surface area contributed by atoms with Crippen molar-refractivity contribution in [2.45, 2.75) is 59.4 Å². The van der Waals surface area contributed by atoms with Gasteiger partial charge in [-0.15, -0.1) is 22.7 Å². The SMILES string of the molecule is Cc1cc(-c2cc(N(C(=O)[C@H]3CC[C@H](C)CC3)C(C)C)c(C(=O)O)s2)ncc1NC(=O)c1cscn1. The van der Waals surface area contributed by atoms with E-state index in [0.717, 1.165) is 42.6 Å². The van der Waals surface area contributed by atoms with Gasteiger partial charge in [0.05, 0.1) is 33.7 Å². The molecule has 36 heavy (non-hydrogen) atoms. The summed E-state index contributed by atoms with van der Waals surface area (Å²) in [6.07, 6.45) is 5.24. The third-order valence-corrected chi connectivity index (χ3v) is 8.28. The van der Waals surface area contributed by atoms with E-state index in [4.69, 9.17) is 0 Å². The van der Waals surface area contributed by atoms with Crippen molar-refractivity contribution in [3.8, 4) is 10.6 Å². The van der Waals surface area contributed by atoms with Crippen molar-refractivity contribution in [1.82, 2.24) is 9.97 Å². The highest BCUT2D eigenvalue weighted by Gasteiger charge is 2.33. The minimum Gasteiger partial charge on any atom is -0.477 e. The van der Waals surface area contributed by atoms with Gasteiger partial charge in [-0.05, 0) is 70.1 Å². The third kappa shape index (κ3) is 5.49. The van der Waals surface area contributed by atoms with Crippen LogP contribution in [0.3, 0.4) is 0 Å². The molecule has 1 aliphatic rings. The number of nitrogens with zero attached hydrogens (tertiary/aromatic N) is 3. The van der Waals surface area contributed by atoms with E-state index in [1.807, 2.05) is 26.8 Å². The van der Waals surface area contributed by atoms with Gasteiger partial charge in [-0.25, -0.2) is 9.78 Å². The molecule has 190 valence electrons. The monoisotopic (exact) mass is 526 g/mol. The number of aromatic carboxylic acids is 1. The second kappa shape index (κ2) is 10.9. The standard InChI is InChI=1S/C26H30N4O4S2/c1-14(2)30(25(32)17-7-5-15(3)6-8-17)21-10-22(36-23(21)26(33)34)18-9-16(4)19(11-27-18)29-24(31)20-12-35-13-28-20/h9-15,17H,5-8H2,1-4H3,(H,29,31)(H,33,34)/t15-,17-. The molecule has 1 saturated carbocycles. The Morgan fingerprint density at radius 1 is 1.14 bits per heavy atom. The molecule has 0 unspecified atom stereocenters. The number of carbonyl (C=O) groups is 3. The lowest BCUT2D eigenvalue weighted by atomic mass is 9.82. The minimum atomic E-state index is -1.07. The topological polar surface area (TPSA) is 112 Å². The Bertz CT molecular complexity index is 1260. The zero-order valence-electron chi connectivity index (χ0n) is 20.8. The molecule has 0 aliphatic heterocycles. The number of carboxylic acid groups (broad SMARTS) is 1. The Balaban J connectivity index is 1.63. The third-order valence-electron chi connectivity index (χ3n) is 6.56. The summed E-state index contributed by atoms with van der Waals surface area (Å²) < 4.78 is 0. The molecule has 3 heterocycles. The smallest absolute Gasteiger partial charge is 0.348 e. The fraction of sp³-hybridized carbons (Fsp3) is 0.423. The Kier molecular flexibility index (Phi) is 7.85. The van der Waals surface area contributed by atoms with Crippen LogP contribution in [0.1, 0.15) is 72.2 Å². The van der Waals surface area contributed by atoms with Gasteiger partial charge < -0.3 is 15.3 Å². The highest BCUT2D eigenvalue weighted by molar-refractivity contribution is 7.18. The summed E-state index contributed by atoms with van der Waals surface area (Å²) in [7, 11) is 0. The summed E-state index contributed by atoms with van der Waals surface area (Å²) in [5, 5.41) is 14.5. The number of aryl methyl sites for hydroxylation is 1. The van der Waals surface area contributed by atoms with E-state index in [2.05, 4.69) is 22.2 Å². The number of thiazole rings is 1. The molecule has 0 aromatic carbocycles. The van der Waals surface area contributed by atoms with Crippen LogP contribution in [-0.2, 0) is 4.79 Å². The van der Waals surface area contributed by atoms with E-state index in [1.54, 1.807) is 28.1 Å². The van der Waals surface area contributed by atoms with Crippen molar-refractivity contribution in [3.05, 3.63) is 45.4 Å². The van der Waals surface area contributed by atoms with E-state index in [-0.39, 0.29) is 28.7 Å². The lowest BCUT2D eigenvalue weighted by Crippen LogP contribution is -2.42. The molecule has 0 bridgehead atoms. The Labute approximate surface area is 218 Å². The minimum absolute atomic E-state index is 0.00649. The molecule has 0 radical (unpaired) electrons. The first-order valence-electron chi connectivity index (χ1n) is 12.0. The molecule has 3 aromatic rings. The normalized spacial score (nSPS) is 17.7. The zero-order chi connectivity index (χ0) is 26.0. The summed E-state index contributed by atoms with van der Waals surface area (Å²) in [6.45, 7) is 7.88. The van der Waals surface area contributed by atoms with Crippen LogP contribution in [-0.4, -0.2) is 38.9 Å². The van der Waals surface area contributed by atoms with Gasteiger partial charge in [-0.2, -0.15) is 0 Å². The van der Waals surface area contributed by atoms with Crippen molar-refractivity contribution >= 4 is 51.8 Å². The molecule has 2 amide bonds. The molecule has 0 atom stereocenters. The maximum atomic E-state index is 13.5. The van der Waals surface area contributed by atoms with Crippen molar-refractivity contribution < 1.29 is 19.5 Å². The average Bonchev–Trinajstić information content (AvgIpc) is 3.51. The maximum Gasteiger partial charge on any atom is 0.348 e. The quantitative estimate of drug-likeness (QED) is 0.385. The van der Waals surface area contributed by atoms with Gasteiger partial charge in [0, 0.05) is 17.3 Å². The first-order valence-corrected chi connectivity index (χ1v) is 13.8. The van der Waals surface area contributed by atoms with Crippen LogP contribution < -0.4 is 10.2 Å². The van der Waals surface area contributed by atoms with Crippen LogP contribution >= 0.6 is 22.7 Å². The second-order valence-electron chi connectivity index (χ2n) is 9.60. The molecule has 1 aliphatic carbocycles. The Morgan fingerprint density at radius 3 is 2.44 bits per heavy atom. The van der Waals surface area contributed by atoms with E-state index >= 15 is 0 Å². The lowest BCUT2D eigenvalue weighted by molar-refractivity contribution is -0.123. The number of anilines is 2. The fourth-order valence-corrected chi connectivity index (χ4v) is 6.02. The fourth-order valence-electron chi connectivity index (χ4n) is 4.53. The molecular weight excluding hydrogens is 496 g/mol. The molecule has 3 aromatic heterocycles. The largest absolute Gasteiger partial charge is 0.477 e. The molecular formula is C26H30N4O4S2. The van der Waals surface area contributed by atoms with Gasteiger partial charge in [-0.3, -0.25) is 14.6 Å². The molecule has 4 rings (SSSR count). The summed E-state index contributed by atoms with van der Waals surface area (Å²) in [5.41, 5.74) is 4.27. The maximum absolute atomic E-state index is 13.5. The van der Waals surface area contributed by atoms with Crippen LogP contribution in [0.25, 0.3) is 10.6 Å². The summed E-state index contributed by atoms with van der Waals surface area (Å²) in [5.74, 6) is -0.862. The number of pyridine rings is 1. The molecule has 0 saturated heterocycles. The molecule has 0 spiro atoms. The van der Waals surface area contributed by atoms with Crippen LogP contribution in [0.2, 0.25) is 0 Å². The summed E-state index contributed by atoms with van der Waals surface area (Å²) >= 11 is 2.45. The zero-order valence-corrected chi connectivity index (χ0v) is 22.4. The predicted molar refractivity (Wildman–Crippen MR) is 143 cm³/mol. The second-order valence-corrected chi connectivity index (χ2v) is 11.4. The van der Waals surface area contributed by atoms with E-state index in [9.17, 15) is 19.5 Å². The van der Waals surface area contributed by atoms with E-state index in [1.165, 1.54) is 11.3 Å². The molecule has 10 heteroatoms. The lowest BCUT2D eigenvalue weighted by Gasteiger charge is -2.33. The predicted octanol–water partition coefficient (Wildman–Crippen LogP) is 6.09. The van der Waals surface area contributed by atoms with Crippen molar-refractivity contribution in [2.24, 2.45) is 11.8 Å². The van der Waals surface area contributed by atoms with Crippen LogP contribution in [0.4, 0.5) is 11.4 Å². The number of hydrogen-bond acceptors (Lipinski definition) is 7. The number of amides is 2. The van der Waals surface area contributed by atoms with Crippen molar-refractivity contribution in [1.29, 1.82) is 0 Å². The molecule has 8 nitrogen and oxygen atoms in total. The number of carboxylic acids is 1. The van der Waals surface area contributed by atoms with Crippen LogP contribution in [0.5, 0.6) is 0 Å². The Morgan fingerprint density at radius 2 is 1.86 bits per heavy atom. The number of hydrogen-bond donors (Lipinski definition) is 2. The Hall–Kier alpha value is -3.11. The average molecular weight is 527 g/mol. The number of carbonyl (C=O) groups excluding carboxylic acids is 2. The number of nitrogens with one attached hydrogen (secondary N) is 1. The highest BCUT2D eigenvalue weighted by Crippen LogP contribution is 2.40. The van der Waals surface area contributed by atoms with Gasteiger partial charge >= 0.3 is 5.97 Å². The first-order chi connectivity index (χ1) is 17.2. The van der Waals surface area contributed by atoms with Gasteiger partial charge in [0.25, 0.3) is 5.91 Å². The number of rotatable bonds is 7. The van der Waals surface area contributed by atoms with Crippen LogP contribution in [0.15, 0.2) is 29.2 Å². The van der Waals surface area contributed by atoms with E-state index in [0.29, 0.717) is 33.6 Å². The number of aromatic nitrogens is 2. The van der Waals surface area contributed by atoms with Crippen molar-refractivity contribution in [2.75, 3.05) is 10.2 Å². The van der Waals surface area contributed by atoms with Gasteiger partial charge in [0.2, 0.25) is 5.91 Å². The van der Waals surface area contributed by atoms with Gasteiger partial charge in [-0.1, -0.05) is 6.92 Å². The molecule has 2 N–H and O–H groups in total. The first kappa shape index (κ1) is 26.0. The van der Waals surface area contributed by atoms with Gasteiger partial charge in [0.15, 0.2) is 0 Å².